The number of carbonyl (C=O) groups is 3. The number of amides is 1. The number of ether oxygens (including phenoxy) is 3. The fourth-order valence-electron chi connectivity index (χ4n) is 3.52. The molecular formula is C26H22N2O6S. The summed E-state index contributed by atoms with van der Waals surface area (Å²) in [6, 6.07) is 18.1. The second-order valence-electron chi connectivity index (χ2n) is 7.47. The van der Waals surface area contributed by atoms with Gasteiger partial charge in [-0.2, -0.15) is 0 Å². The Labute approximate surface area is 205 Å². The van der Waals surface area contributed by atoms with Crippen LogP contribution in [0.2, 0.25) is 0 Å². The molecule has 4 aromatic rings. The third-order valence-electron chi connectivity index (χ3n) is 5.39. The van der Waals surface area contributed by atoms with Gasteiger partial charge >= 0.3 is 0 Å². The van der Waals surface area contributed by atoms with Gasteiger partial charge in [0.2, 0.25) is 5.78 Å². The number of ketones is 2. The zero-order valence-corrected chi connectivity index (χ0v) is 20.0. The molecule has 1 heterocycles. The third-order valence-corrected chi connectivity index (χ3v) is 6.32. The van der Waals surface area contributed by atoms with Crippen LogP contribution in [0, 0.1) is 0 Å². The second kappa shape index (κ2) is 10.4. The van der Waals surface area contributed by atoms with E-state index in [2.05, 4.69) is 10.3 Å². The van der Waals surface area contributed by atoms with E-state index in [-0.39, 0.29) is 10.7 Å². The highest BCUT2D eigenvalue weighted by Crippen LogP contribution is 2.30. The minimum atomic E-state index is -1.34. The van der Waals surface area contributed by atoms with Crippen LogP contribution in [-0.2, 0) is 9.59 Å². The zero-order chi connectivity index (χ0) is 24.9. The average Bonchev–Trinajstić information content (AvgIpc) is 3.30. The Morgan fingerprint density at radius 2 is 1.37 bits per heavy atom. The average molecular weight is 491 g/mol. The molecule has 1 amide bonds. The van der Waals surface area contributed by atoms with Crippen LogP contribution < -0.4 is 19.5 Å². The molecule has 9 heteroatoms. The first-order chi connectivity index (χ1) is 16.9. The van der Waals surface area contributed by atoms with E-state index in [1.165, 1.54) is 25.6 Å². The number of aromatic nitrogens is 1. The molecule has 8 nitrogen and oxygen atoms in total. The summed E-state index contributed by atoms with van der Waals surface area (Å²) in [5.74, 6) is -1.90. The molecular weight excluding hydrogens is 468 g/mol. The van der Waals surface area contributed by atoms with Gasteiger partial charge in [-0.25, -0.2) is 4.98 Å². The Kier molecular flexibility index (Phi) is 7.07. The van der Waals surface area contributed by atoms with E-state index in [9.17, 15) is 14.4 Å². The van der Waals surface area contributed by atoms with Gasteiger partial charge in [0.25, 0.3) is 5.91 Å². The number of fused-ring (bicyclic) bond motifs is 1. The van der Waals surface area contributed by atoms with Gasteiger partial charge in [0, 0.05) is 5.56 Å². The molecule has 0 spiro atoms. The summed E-state index contributed by atoms with van der Waals surface area (Å²) in [7, 11) is 4.59. The highest BCUT2D eigenvalue weighted by molar-refractivity contribution is 7.22. The highest BCUT2D eigenvalue weighted by atomic mass is 32.1. The summed E-state index contributed by atoms with van der Waals surface area (Å²) in [6.45, 7) is 0. The first-order valence-corrected chi connectivity index (χ1v) is 11.4. The fraction of sp³-hybridized carbons (Fsp3) is 0.154. The Morgan fingerprint density at radius 3 is 1.97 bits per heavy atom. The topological polar surface area (TPSA) is 104 Å². The van der Waals surface area contributed by atoms with E-state index >= 15 is 0 Å². The van der Waals surface area contributed by atoms with Crippen molar-refractivity contribution in [2.45, 2.75) is 5.92 Å². The van der Waals surface area contributed by atoms with E-state index in [0.717, 1.165) is 4.70 Å². The molecule has 1 unspecified atom stereocenters. The maximum absolute atomic E-state index is 13.4. The van der Waals surface area contributed by atoms with Crippen LogP contribution in [-0.4, -0.2) is 43.8 Å². The molecule has 178 valence electrons. The van der Waals surface area contributed by atoms with Crippen molar-refractivity contribution < 1.29 is 28.6 Å². The lowest BCUT2D eigenvalue weighted by atomic mass is 9.86. The number of rotatable bonds is 9. The molecule has 0 aliphatic rings. The molecule has 1 atom stereocenters. The first kappa shape index (κ1) is 23.9. The van der Waals surface area contributed by atoms with Crippen molar-refractivity contribution >= 4 is 44.2 Å². The molecule has 4 rings (SSSR count). The predicted octanol–water partition coefficient (Wildman–Crippen LogP) is 4.50. The van der Waals surface area contributed by atoms with Crippen LogP contribution in [0.1, 0.15) is 21.8 Å². The molecule has 1 N–H and O–H groups in total. The van der Waals surface area contributed by atoms with Crippen LogP contribution in [0.15, 0.2) is 66.7 Å². The summed E-state index contributed by atoms with van der Waals surface area (Å²) in [5, 5.41) is 2.79. The molecule has 0 aliphatic carbocycles. The van der Waals surface area contributed by atoms with Crippen molar-refractivity contribution in [3.63, 3.8) is 0 Å². The van der Waals surface area contributed by atoms with E-state index in [0.29, 0.717) is 28.3 Å². The Bertz CT molecular complexity index is 1380. The van der Waals surface area contributed by atoms with Gasteiger partial charge in [-0.15, -0.1) is 0 Å². The minimum absolute atomic E-state index is 0.247. The summed E-state index contributed by atoms with van der Waals surface area (Å²) < 4.78 is 16.3. The SMILES string of the molecule is COc1ccc(C(=O)C(C(=O)C(=O)Nc2nc3ccc(OC)cc3s2)c2ccc(OC)cc2)cc1. The van der Waals surface area contributed by atoms with Gasteiger partial charge in [-0.1, -0.05) is 23.5 Å². The van der Waals surface area contributed by atoms with Crippen molar-refractivity contribution in [3.8, 4) is 17.2 Å². The molecule has 0 saturated heterocycles. The van der Waals surface area contributed by atoms with E-state index in [4.69, 9.17) is 14.2 Å². The fourth-order valence-corrected chi connectivity index (χ4v) is 4.40. The van der Waals surface area contributed by atoms with Crippen molar-refractivity contribution in [1.82, 2.24) is 4.98 Å². The number of carbonyl (C=O) groups excluding carboxylic acids is 3. The Balaban J connectivity index is 1.63. The molecule has 0 radical (unpaired) electrons. The Hall–Kier alpha value is -4.24. The second-order valence-corrected chi connectivity index (χ2v) is 8.50. The van der Waals surface area contributed by atoms with Crippen LogP contribution >= 0.6 is 11.3 Å². The molecule has 0 fully saturated rings. The van der Waals surface area contributed by atoms with Gasteiger partial charge in [-0.3, -0.25) is 19.7 Å². The molecule has 3 aromatic carbocycles. The molecule has 0 bridgehead atoms. The van der Waals surface area contributed by atoms with E-state index in [1.54, 1.807) is 73.8 Å². The third kappa shape index (κ3) is 5.15. The van der Waals surface area contributed by atoms with Gasteiger partial charge in [0.15, 0.2) is 10.9 Å². The van der Waals surface area contributed by atoms with Crippen LogP contribution in [0.25, 0.3) is 10.2 Å². The lowest BCUT2D eigenvalue weighted by Gasteiger charge is -2.15. The molecule has 0 saturated carbocycles. The number of hydrogen-bond acceptors (Lipinski definition) is 8. The van der Waals surface area contributed by atoms with E-state index in [1.807, 2.05) is 0 Å². The predicted molar refractivity (Wildman–Crippen MR) is 133 cm³/mol. The number of nitrogens with one attached hydrogen (secondary N) is 1. The van der Waals surface area contributed by atoms with Crippen LogP contribution in [0.5, 0.6) is 17.2 Å². The van der Waals surface area contributed by atoms with Gasteiger partial charge in [0.05, 0.1) is 31.5 Å². The number of Topliss-reactive ketones (excluding diaryl/α,β-unsaturated/α-hetero) is 2. The smallest absolute Gasteiger partial charge is 0.294 e. The monoisotopic (exact) mass is 490 g/mol. The van der Waals surface area contributed by atoms with Crippen molar-refractivity contribution in [3.05, 3.63) is 77.9 Å². The summed E-state index contributed by atoms with van der Waals surface area (Å²) >= 11 is 1.20. The lowest BCUT2D eigenvalue weighted by molar-refractivity contribution is -0.135. The zero-order valence-electron chi connectivity index (χ0n) is 19.2. The lowest BCUT2D eigenvalue weighted by Crippen LogP contribution is -2.32. The number of hydrogen-bond donors (Lipinski definition) is 1. The van der Waals surface area contributed by atoms with Gasteiger partial charge < -0.3 is 14.2 Å². The normalized spacial score (nSPS) is 11.5. The largest absolute Gasteiger partial charge is 0.497 e. The van der Waals surface area contributed by atoms with Gasteiger partial charge in [-0.05, 0) is 60.2 Å². The van der Waals surface area contributed by atoms with Gasteiger partial charge in [0.1, 0.15) is 23.2 Å². The van der Waals surface area contributed by atoms with Crippen molar-refractivity contribution in [1.29, 1.82) is 0 Å². The summed E-state index contributed by atoms with van der Waals surface area (Å²) in [5.41, 5.74) is 1.31. The number of thiazole rings is 1. The maximum Gasteiger partial charge on any atom is 0.294 e. The number of methoxy groups -OCH3 is 3. The molecule has 1 aromatic heterocycles. The maximum atomic E-state index is 13.4. The van der Waals surface area contributed by atoms with Crippen molar-refractivity contribution in [2.75, 3.05) is 26.6 Å². The Morgan fingerprint density at radius 1 is 0.800 bits per heavy atom. The molecule has 0 aliphatic heterocycles. The minimum Gasteiger partial charge on any atom is -0.497 e. The van der Waals surface area contributed by atoms with E-state index < -0.39 is 23.4 Å². The van der Waals surface area contributed by atoms with Crippen molar-refractivity contribution in [2.24, 2.45) is 0 Å². The van der Waals surface area contributed by atoms with Crippen LogP contribution in [0.4, 0.5) is 5.13 Å². The summed E-state index contributed by atoms with van der Waals surface area (Å²) in [6.07, 6.45) is 0. The standard InChI is InChI=1S/C26H22N2O6S/c1-32-17-8-4-15(5-9-17)22(23(29)16-6-10-18(33-2)11-7-16)24(30)25(31)28-26-27-20-13-12-19(34-3)14-21(20)35-26/h4-14,22H,1-3H3,(H,27,28,31). The number of benzene rings is 3. The quantitative estimate of drug-likeness (QED) is 0.209. The highest BCUT2D eigenvalue weighted by Gasteiger charge is 2.34. The number of nitrogens with zero attached hydrogens (tertiary/aromatic N) is 1. The van der Waals surface area contributed by atoms with Crippen LogP contribution in [0.3, 0.4) is 0 Å². The molecule has 35 heavy (non-hydrogen) atoms. The summed E-state index contributed by atoms with van der Waals surface area (Å²) in [4.78, 5) is 44.1. The number of anilines is 1. The first-order valence-electron chi connectivity index (χ1n) is 10.6.